The number of fused-ring (bicyclic) bond motifs is 1. The molecule has 2 aliphatic carbocycles. The molecule has 2 saturated carbocycles. The highest BCUT2D eigenvalue weighted by Crippen LogP contribution is 2.55. The monoisotopic (exact) mass is 238 g/mol. The van der Waals surface area contributed by atoms with Crippen LogP contribution in [0, 0.1) is 23.2 Å². The van der Waals surface area contributed by atoms with Gasteiger partial charge in [-0.2, -0.15) is 0 Å². The highest BCUT2D eigenvalue weighted by atomic mass is 16.5. The summed E-state index contributed by atoms with van der Waals surface area (Å²) in [6.07, 6.45) is 3.94. The van der Waals surface area contributed by atoms with E-state index < -0.39 is 5.92 Å². The maximum atomic E-state index is 12.3. The van der Waals surface area contributed by atoms with Gasteiger partial charge in [0.2, 0.25) is 0 Å². The van der Waals surface area contributed by atoms with Crippen molar-refractivity contribution in [3.05, 3.63) is 0 Å². The Balaban J connectivity index is 2.20. The average molecular weight is 238 g/mol. The van der Waals surface area contributed by atoms with Crippen molar-refractivity contribution in [1.29, 1.82) is 0 Å². The number of ketones is 1. The molecule has 0 aromatic rings. The van der Waals surface area contributed by atoms with Crippen LogP contribution in [0.2, 0.25) is 0 Å². The van der Waals surface area contributed by atoms with Crippen molar-refractivity contribution in [2.45, 2.75) is 46.5 Å². The first-order valence-corrected chi connectivity index (χ1v) is 6.71. The highest BCUT2D eigenvalue weighted by molar-refractivity contribution is 6.02. The molecule has 0 heterocycles. The second-order valence-corrected chi connectivity index (χ2v) is 5.80. The standard InChI is InChI=1S/C14H22O3/c1-4-17-13(16)10-8-14(3)9(2)6-5-7-11(14)12(10)15/h9-11H,4-8H2,1-3H3/t9-,10-,11+,14+/m0/s1. The van der Waals surface area contributed by atoms with E-state index in [1.165, 1.54) is 6.42 Å². The maximum Gasteiger partial charge on any atom is 0.316 e. The third-order valence-electron chi connectivity index (χ3n) is 4.95. The number of carbonyl (C=O) groups is 2. The van der Waals surface area contributed by atoms with Crippen LogP contribution in [0.15, 0.2) is 0 Å². The molecule has 2 rings (SSSR count). The Bertz CT molecular complexity index is 336. The fourth-order valence-corrected chi connectivity index (χ4v) is 3.67. The van der Waals surface area contributed by atoms with E-state index in [9.17, 15) is 9.59 Å². The van der Waals surface area contributed by atoms with Gasteiger partial charge in [0.25, 0.3) is 0 Å². The molecule has 0 aromatic heterocycles. The van der Waals surface area contributed by atoms with Crippen molar-refractivity contribution in [2.75, 3.05) is 6.61 Å². The Labute approximate surface area is 103 Å². The second-order valence-electron chi connectivity index (χ2n) is 5.80. The SMILES string of the molecule is CCOC(=O)[C@H]1C[C@@]2(C)[C@H](CCC[C@@H]2C)C1=O. The number of carbonyl (C=O) groups excluding carboxylic acids is 2. The Morgan fingerprint density at radius 1 is 1.47 bits per heavy atom. The van der Waals surface area contributed by atoms with Gasteiger partial charge in [-0.15, -0.1) is 0 Å². The number of ether oxygens (including phenoxy) is 1. The molecule has 0 spiro atoms. The predicted molar refractivity (Wildman–Crippen MR) is 64.4 cm³/mol. The summed E-state index contributed by atoms with van der Waals surface area (Å²) in [4.78, 5) is 24.1. The van der Waals surface area contributed by atoms with Gasteiger partial charge in [-0.1, -0.05) is 26.7 Å². The lowest BCUT2D eigenvalue weighted by Gasteiger charge is -2.40. The molecular weight excluding hydrogens is 216 g/mol. The summed E-state index contributed by atoms with van der Waals surface area (Å²) in [5.41, 5.74) is 0.0206. The average Bonchev–Trinajstić information content (AvgIpc) is 2.55. The quantitative estimate of drug-likeness (QED) is 0.548. The Hall–Kier alpha value is -0.860. The third kappa shape index (κ3) is 1.90. The predicted octanol–water partition coefficient (Wildman–Crippen LogP) is 2.58. The van der Waals surface area contributed by atoms with Crippen molar-refractivity contribution < 1.29 is 14.3 Å². The molecule has 0 amide bonds. The van der Waals surface area contributed by atoms with Gasteiger partial charge >= 0.3 is 5.97 Å². The summed E-state index contributed by atoms with van der Waals surface area (Å²) in [5.74, 6) is -0.0476. The van der Waals surface area contributed by atoms with E-state index in [-0.39, 0.29) is 23.1 Å². The summed E-state index contributed by atoms with van der Waals surface area (Å²) in [5, 5.41) is 0. The minimum Gasteiger partial charge on any atom is -0.465 e. The number of hydrogen-bond donors (Lipinski definition) is 0. The maximum absolute atomic E-state index is 12.3. The summed E-state index contributed by atoms with van der Waals surface area (Å²) < 4.78 is 5.02. The summed E-state index contributed by atoms with van der Waals surface area (Å²) in [7, 11) is 0. The number of hydrogen-bond acceptors (Lipinski definition) is 3. The van der Waals surface area contributed by atoms with Gasteiger partial charge < -0.3 is 4.74 Å². The van der Waals surface area contributed by atoms with Gasteiger partial charge in [0.1, 0.15) is 5.92 Å². The summed E-state index contributed by atoms with van der Waals surface area (Å²) >= 11 is 0. The van der Waals surface area contributed by atoms with Crippen LogP contribution in [0.25, 0.3) is 0 Å². The Morgan fingerprint density at radius 2 is 2.18 bits per heavy atom. The molecule has 0 saturated heterocycles. The van der Waals surface area contributed by atoms with E-state index in [1.54, 1.807) is 6.92 Å². The fourth-order valence-electron chi connectivity index (χ4n) is 3.67. The van der Waals surface area contributed by atoms with Crippen LogP contribution in [0.4, 0.5) is 0 Å². The van der Waals surface area contributed by atoms with Gasteiger partial charge in [0, 0.05) is 5.92 Å². The van der Waals surface area contributed by atoms with Crippen molar-refractivity contribution in [1.82, 2.24) is 0 Å². The normalized spacial score (nSPS) is 41.1. The minimum atomic E-state index is -0.495. The van der Waals surface area contributed by atoms with Crippen LogP contribution in [-0.4, -0.2) is 18.4 Å². The largest absolute Gasteiger partial charge is 0.465 e. The van der Waals surface area contributed by atoms with Crippen molar-refractivity contribution in [2.24, 2.45) is 23.2 Å². The lowest BCUT2D eigenvalue weighted by Crippen LogP contribution is -2.35. The molecule has 0 unspecified atom stereocenters. The van der Waals surface area contributed by atoms with Crippen LogP contribution in [0.1, 0.15) is 46.5 Å². The van der Waals surface area contributed by atoms with Gasteiger partial charge in [-0.25, -0.2) is 0 Å². The molecular formula is C14H22O3. The molecule has 2 fully saturated rings. The van der Waals surface area contributed by atoms with E-state index in [4.69, 9.17) is 4.74 Å². The topological polar surface area (TPSA) is 43.4 Å². The fraction of sp³-hybridized carbons (Fsp3) is 0.857. The zero-order chi connectivity index (χ0) is 12.6. The minimum absolute atomic E-state index is 0.0206. The zero-order valence-electron chi connectivity index (χ0n) is 11.0. The highest BCUT2D eigenvalue weighted by Gasteiger charge is 2.56. The Kier molecular flexibility index (Phi) is 3.28. The van der Waals surface area contributed by atoms with Crippen molar-refractivity contribution in [3.63, 3.8) is 0 Å². The van der Waals surface area contributed by atoms with E-state index in [0.29, 0.717) is 18.9 Å². The third-order valence-corrected chi connectivity index (χ3v) is 4.95. The van der Waals surface area contributed by atoms with Crippen LogP contribution in [-0.2, 0) is 14.3 Å². The van der Waals surface area contributed by atoms with Gasteiger partial charge in [0.05, 0.1) is 6.61 Å². The molecule has 0 bridgehead atoms. The summed E-state index contributed by atoms with van der Waals surface area (Å²) in [6, 6.07) is 0. The number of Topliss-reactive ketones (excluding diaryl/α,β-unsaturated/α-hetero) is 1. The first-order valence-electron chi connectivity index (χ1n) is 6.71. The first-order chi connectivity index (χ1) is 8.00. The molecule has 96 valence electrons. The van der Waals surface area contributed by atoms with Crippen LogP contribution < -0.4 is 0 Å². The second kappa shape index (κ2) is 4.43. The molecule has 0 N–H and O–H groups in total. The molecule has 0 aliphatic heterocycles. The molecule has 4 atom stereocenters. The number of esters is 1. The summed E-state index contributed by atoms with van der Waals surface area (Å²) in [6.45, 7) is 6.54. The van der Waals surface area contributed by atoms with Crippen molar-refractivity contribution >= 4 is 11.8 Å². The molecule has 2 aliphatic rings. The van der Waals surface area contributed by atoms with Gasteiger partial charge in [-0.3, -0.25) is 9.59 Å². The van der Waals surface area contributed by atoms with E-state index >= 15 is 0 Å². The Morgan fingerprint density at radius 3 is 2.76 bits per heavy atom. The molecule has 3 nitrogen and oxygen atoms in total. The van der Waals surface area contributed by atoms with Crippen LogP contribution in [0.3, 0.4) is 0 Å². The van der Waals surface area contributed by atoms with Crippen LogP contribution in [0.5, 0.6) is 0 Å². The molecule has 3 heteroatoms. The zero-order valence-corrected chi connectivity index (χ0v) is 11.0. The lowest BCUT2D eigenvalue weighted by atomic mass is 9.63. The van der Waals surface area contributed by atoms with E-state index in [1.807, 2.05) is 0 Å². The molecule has 0 radical (unpaired) electrons. The van der Waals surface area contributed by atoms with Crippen molar-refractivity contribution in [3.8, 4) is 0 Å². The molecule has 17 heavy (non-hydrogen) atoms. The number of rotatable bonds is 2. The lowest BCUT2D eigenvalue weighted by molar-refractivity contribution is -0.150. The smallest absolute Gasteiger partial charge is 0.316 e. The van der Waals surface area contributed by atoms with E-state index in [0.717, 1.165) is 12.8 Å². The van der Waals surface area contributed by atoms with Gasteiger partial charge in [0.15, 0.2) is 5.78 Å². The van der Waals surface area contributed by atoms with Crippen LogP contribution >= 0.6 is 0 Å². The van der Waals surface area contributed by atoms with E-state index in [2.05, 4.69) is 13.8 Å². The molecule has 0 aromatic carbocycles. The van der Waals surface area contributed by atoms with Gasteiger partial charge in [-0.05, 0) is 31.1 Å². The first kappa shape index (κ1) is 12.6.